The van der Waals surface area contributed by atoms with Crippen LogP contribution in [0.3, 0.4) is 0 Å². The number of hydrogen-bond donors (Lipinski definition) is 0. The smallest absolute Gasteiger partial charge is 0.258 e. The molecule has 0 radical (unpaired) electrons. The van der Waals surface area contributed by atoms with Gasteiger partial charge in [-0.05, 0) is 6.07 Å². The minimum absolute atomic E-state index is 0.371. The second kappa shape index (κ2) is 4.21. The van der Waals surface area contributed by atoms with Gasteiger partial charge in [-0.1, -0.05) is 15.9 Å². The SMILES string of the molecule is O=[N+]([O-])c1ccc(C(F)(F)C(F)(F)F)c(Br)c1. The van der Waals surface area contributed by atoms with Crippen molar-refractivity contribution in [2.45, 2.75) is 12.1 Å². The van der Waals surface area contributed by atoms with E-state index in [9.17, 15) is 32.1 Å². The van der Waals surface area contributed by atoms with Gasteiger partial charge in [0.2, 0.25) is 0 Å². The molecule has 0 fully saturated rings. The molecule has 0 N–H and O–H groups in total. The molecule has 1 rings (SSSR count). The standard InChI is InChI=1S/C8H3BrF5NO2/c9-6-3-4(15(16)17)1-2-5(6)7(10,11)8(12,13)14/h1-3H. The van der Waals surface area contributed by atoms with Gasteiger partial charge < -0.3 is 0 Å². The first kappa shape index (κ1) is 13.8. The molecule has 0 aliphatic heterocycles. The van der Waals surface area contributed by atoms with Crippen LogP contribution < -0.4 is 0 Å². The Labute approximate surface area is 99.5 Å². The molecule has 9 heteroatoms. The summed E-state index contributed by atoms with van der Waals surface area (Å²) < 4.78 is 61.4. The molecule has 94 valence electrons. The van der Waals surface area contributed by atoms with E-state index in [1.807, 2.05) is 0 Å². The third-order valence-electron chi connectivity index (χ3n) is 1.86. The van der Waals surface area contributed by atoms with Crippen LogP contribution in [0.4, 0.5) is 27.6 Å². The number of non-ortho nitro benzene ring substituents is 1. The number of nitrogens with zero attached hydrogens (tertiary/aromatic N) is 1. The molecule has 0 unspecified atom stereocenters. The monoisotopic (exact) mass is 319 g/mol. The lowest BCUT2D eigenvalue weighted by Crippen LogP contribution is -2.33. The fourth-order valence-corrected chi connectivity index (χ4v) is 1.64. The molecule has 0 heterocycles. The van der Waals surface area contributed by atoms with Crippen molar-refractivity contribution in [2.75, 3.05) is 0 Å². The number of alkyl halides is 5. The van der Waals surface area contributed by atoms with E-state index in [1.165, 1.54) is 0 Å². The van der Waals surface area contributed by atoms with Gasteiger partial charge in [-0.25, -0.2) is 0 Å². The van der Waals surface area contributed by atoms with Gasteiger partial charge in [0.15, 0.2) is 0 Å². The van der Waals surface area contributed by atoms with Gasteiger partial charge >= 0.3 is 12.1 Å². The highest BCUT2D eigenvalue weighted by molar-refractivity contribution is 9.10. The van der Waals surface area contributed by atoms with E-state index in [2.05, 4.69) is 15.9 Å². The third kappa shape index (κ3) is 2.54. The number of rotatable bonds is 2. The Bertz CT molecular complexity index is 460. The maximum atomic E-state index is 12.9. The van der Waals surface area contributed by atoms with Crippen molar-refractivity contribution >= 4 is 21.6 Å². The van der Waals surface area contributed by atoms with E-state index < -0.39 is 32.7 Å². The molecule has 0 saturated heterocycles. The molecular formula is C8H3BrF5NO2. The molecule has 3 nitrogen and oxygen atoms in total. The van der Waals surface area contributed by atoms with Crippen molar-refractivity contribution in [3.05, 3.63) is 38.3 Å². The van der Waals surface area contributed by atoms with Gasteiger partial charge in [0.25, 0.3) is 5.69 Å². The Morgan fingerprint density at radius 2 is 1.71 bits per heavy atom. The number of nitro benzene ring substituents is 1. The molecule has 0 aromatic heterocycles. The second-order valence-electron chi connectivity index (χ2n) is 2.99. The number of hydrogen-bond acceptors (Lipinski definition) is 2. The molecule has 1 aromatic rings. The zero-order valence-electron chi connectivity index (χ0n) is 7.76. The van der Waals surface area contributed by atoms with Crippen LogP contribution in [0.1, 0.15) is 5.56 Å². The highest BCUT2D eigenvalue weighted by Crippen LogP contribution is 2.46. The van der Waals surface area contributed by atoms with E-state index in [1.54, 1.807) is 0 Å². The van der Waals surface area contributed by atoms with E-state index in [0.29, 0.717) is 18.2 Å². The largest absolute Gasteiger partial charge is 0.458 e. The van der Waals surface area contributed by atoms with E-state index in [4.69, 9.17) is 0 Å². The van der Waals surface area contributed by atoms with Gasteiger partial charge in [-0.15, -0.1) is 0 Å². The van der Waals surface area contributed by atoms with Crippen molar-refractivity contribution in [1.82, 2.24) is 0 Å². The molecule has 0 aliphatic carbocycles. The summed E-state index contributed by atoms with van der Waals surface area (Å²) in [5.41, 5.74) is -1.95. The van der Waals surface area contributed by atoms with Crippen LogP contribution in [0.2, 0.25) is 0 Å². The summed E-state index contributed by atoms with van der Waals surface area (Å²) in [4.78, 5) is 9.38. The summed E-state index contributed by atoms with van der Waals surface area (Å²) in [5.74, 6) is -5.07. The first-order valence-electron chi connectivity index (χ1n) is 3.96. The van der Waals surface area contributed by atoms with Gasteiger partial charge in [-0.3, -0.25) is 10.1 Å². The van der Waals surface area contributed by atoms with Crippen LogP contribution in [-0.4, -0.2) is 11.1 Å². The molecule has 17 heavy (non-hydrogen) atoms. The summed E-state index contributed by atoms with van der Waals surface area (Å²) in [6.07, 6.45) is -5.76. The highest BCUT2D eigenvalue weighted by atomic mass is 79.9. The average molecular weight is 320 g/mol. The molecule has 0 spiro atoms. The highest BCUT2D eigenvalue weighted by Gasteiger charge is 2.59. The Balaban J connectivity index is 3.30. The maximum Gasteiger partial charge on any atom is 0.458 e. The first-order valence-corrected chi connectivity index (χ1v) is 4.75. The van der Waals surface area contributed by atoms with E-state index in [-0.39, 0.29) is 0 Å². The summed E-state index contributed by atoms with van der Waals surface area (Å²) in [7, 11) is 0. The fourth-order valence-electron chi connectivity index (χ4n) is 1.02. The number of benzene rings is 1. The number of nitro groups is 1. The molecule has 0 amide bonds. The lowest BCUT2D eigenvalue weighted by Gasteiger charge is -2.20. The summed E-state index contributed by atoms with van der Waals surface area (Å²) >= 11 is 2.46. The molecule has 0 bridgehead atoms. The summed E-state index contributed by atoms with van der Waals surface area (Å²) in [5, 5.41) is 10.3. The predicted octanol–water partition coefficient (Wildman–Crippen LogP) is 4.01. The third-order valence-corrected chi connectivity index (χ3v) is 2.51. The van der Waals surface area contributed by atoms with Gasteiger partial charge in [0.1, 0.15) is 0 Å². The molecule has 0 saturated carbocycles. The van der Waals surface area contributed by atoms with Crippen LogP contribution in [0.15, 0.2) is 22.7 Å². The fraction of sp³-hybridized carbons (Fsp3) is 0.250. The normalized spacial score (nSPS) is 12.6. The first-order chi connectivity index (χ1) is 7.57. The predicted molar refractivity (Wildman–Crippen MR) is 50.7 cm³/mol. The zero-order chi connectivity index (χ0) is 13.4. The van der Waals surface area contributed by atoms with Crippen molar-refractivity contribution in [2.24, 2.45) is 0 Å². The van der Waals surface area contributed by atoms with Crippen molar-refractivity contribution in [3.63, 3.8) is 0 Å². The molecule has 1 aromatic carbocycles. The second-order valence-corrected chi connectivity index (χ2v) is 3.85. The van der Waals surface area contributed by atoms with Crippen LogP contribution in [0.25, 0.3) is 0 Å². The van der Waals surface area contributed by atoms with Gasteiger partial charge in [0.05, 0.1) is 4.92 Å². The Morgan fingerprint density at radius 1 is 1.18 bits per heavy atom. The van der Waals surface area contributed by atoms with Crippen molar-refractivity contribution < 1.29 is 26.9 Å². The van der Waals surface area contributed by atoms with Crippen molar-refractivity contribution in [1.29, 1.82) is 0 Å². The Kier molecular flexibility index (Phi) is 3.42. The van der Waals surface area contributed by atoms with Crippen LogP contribution in [0.5, 0.6) is 0 Å². The Morgan fingerprint density at radius 3 is 2.06 bits per heavy atom. The molecular weight excluding hydrogens is 317 g/mol. The average Bonchev–Trinajstić information content (AvgIpc) is 2.15. The van der Waals surface area contributed by atoms with Crippen molar-refractivity contribution in [3.8, 4) is 0 Å². The van der Waals surface area contributed by atoms with Crippen LogP contribution in [0, 0.1) is 10.1 Å². The van der Waals surface area contributed by atoms with Crippen LogP contribution in [-0.2, 0) is 5.92 Å². The minimum Gasteiger partial charge on any atom is -0.258 e. The number of halogens is 6. The summed E-state index contributed by atoms with van der Waals surface area (Å²) in [6, 6.07) is 1.55. The lowest BCUT2D eigenvalue weighted by atomic mass is 10.1. The quantitative estimate of drug-likeness (QED) is 0.469. The topological polar surface area (TPSA) is 43.1 Å². The Hall–Kier alpha value is -1.25. The maximum absolute atomic E-state index is 12.9. The molecule has 0 atom stereocenters. The van der Waals surface area contributed by atoms with Gasteiger partial charge in [-0.2, -0.15) is 22.0 Å². The van der Waals surface area contributed by atoms with Gasteiger partial charge in [0, 0.05) is 22.2 Å². The minimum atomic E-state index is -5.76. The summed E-state index contributed by atoms with van der Waals surface area (Å²) in [6.45, 7) is 0. The lowest BCUT2D eigenvalue weighted by molar-refractivity contribution is -0.385. The molecule has 0 aliphatic rings. The van der Waals surface area contributed by atoms with E-state index >= 15 is 0 Å². The van der Waals surface area contributed by atoms with E-state index in [0.717, 1.165) is 0 Å². The van der Waals surface area contributed by atoms with Crippen LogP contribution >= 0.6 is 15.9 Å². The zero-order valence-corrected chi connectivity index (χ0v) is 9.35.